The Hall–Kier alpha value is -1.77. The predicted octanol–water partition coefficient (Wildman–Crippen LogP) is 2.03. The summed E-state index contributed by atoms with van der Waals surface area (Å²) >= 11 is 5.70. The highest BCUT2D eigenvalue weighted by atomic mass is 35.5. The van der Waals surface area contributed by atoms with Gasteiger partial charge in [0.05, 0.1) is 0 Å². The van der Waals surface area contributed by atoms with Crippen LogP contribution in [0.15, 0.2) is 18.2 Å². The number of rotatable bonds is 1. The van der Waals surface area contributed by atoms with E-state index < -0.39 is 0 Å². The Bertz CT molecular complexity index is 434. The number of benzene rings is 1. The number of carbonyl (C=O) groups is 1. The molecule has 0 unspecified atom stereocenters. The van der Waals surface area contributed by atoms with Crippen molar-refractivity contribution in [2.45, 2.75) is 0 Å². The number of carbonyl (C=O) groups excluding carboxylic acids is 1. The molecule has 0 aliphatic carbocycles. The molecule has 0 atom stereocenters. The minimum Gasteiger partial charge on any atom is -0.298 e. The third kappa shape index (κ3) is 2.63. The van der Waals surface area contributed by atoms with Crippen LogP contribution < -0.4 is 0 Å². The molecule has 0 aliphatic rings. The summed E-state index contributed by atoms with van der Waals surface area (Å²) in [6, 6.07) is 6.38. The third-order valence-electron chi connectivity index (χ3n) is 1.32. The number of halogens is 1. The maximum atomic E-state index is 10.4. The Kier molecular flexibility index (Phi) is 3.09. The van der Waals surface area contributed by atoms with E-state index in [4.69, 9.17) is 16.9 Å². The van der Waals surface area contributed by atoms with Crippen molar-refractivity contribution < 1.29 is 4.79 Å². The van der Waals surface area contributed by atoms with E-state index >= 15 is 0 Å². The Morgan fingerprint density at radius 2 is 2.15 bits per heavy atom. The molecule has 0 fully saturated rings. The summed E-state index contributed by atoms with van der Waals surface area (Å²) in [6.07, 6.45) is 0.684. The summed E-state index contributed by atoms with van der Waals surface area (Å²) in [7, 11) is 0. The summed E-state index contributed by atoms with van der Waals surface area (Å²) in [5.74, 6) is 4.78. The van der Waals surface area contributed by atoms with Crippen LogP contribution in [-0.4, -0.2) is 6.29 Å². The summed E-state index contributed by atoms with van der Waals surface area (Å²) in [4.78, 5) is 10.4. The smallest absolute Gasteiger partial charge is 0.152 e. The van der Waals surface area contributed by atoms with Crippen molar-refractivity contribution in [3.8, 4) is 17.9 Å². The largest absolute Gasteiger partial charge is 0.298 e. The zero-order chi connectivity index (χ0) is 9.68. The molecular weight excluding hydrogens is 186 g/mol. The first-order chi connectivity index (χ1) is 6.26. The quantitative estimate of drug-likeness (QED) is 0.501. The van der Waals surface area contributed by atoms with Gasteiger partial charge in [0.2, 0.25) is 0 Å². The second kappa shape index (κ2) is 4.30. The molecule has 0 aliphatic heterocycles. The minimum absolute atomic E-state index is 0.437. The predicted molar refractivity (Wildman–Crippen MR) is 49.3 cm³/mol. The lowest BCUT2D eigenvalue weighted by Gasteiger charge is -1.94. The molecule has 0 saturated heterocycles. The van der Waals surface area contributed by atoms with Crippen LogP contribution in [0.2, 0.25) is 5.02 Å². The zero-order valence-electron chi connectivity index (χ0n) is 6.54. The number of nitrogens with zero attached hydrogens (tertiary/aromatic N) is 1. The molecule has 3 heteroatoms. The molecule has 13 heavy (non-hydrogen) atoms. The lowest BCUT2D eigenvalue weighted by Crippen LogP contribution is -1.82. The Balaban J connectivity index is 3.17. The van der Waals surface area contributed by atoms with Crippen molar-refractivity contribution >= 4 is 17.9 Å². The molecule has 0 spiro atoms. The summed E-state index contributed by atoms with van der Waals surface area (Å²) in [5, 5.41) is 8.63. The van der Waals surface area contributed by atoms with Crippen molar-refractivity contribution in [3.63, 3.8) is 0 Å². The molecule has 0 saturated carbocycles. The Labute approximate surface area is 80.7 Å². The number of hydrogen-bond donors (Lipinski definition) is 0. The van der Waals surface area contributed by atoms with Crippen molar-refractivity contribution in [1.82, 2.24) is 0 Å². The highest BCUT2D eigenvalue weighted by Crippen LogP contribution is 2.13. The topological polar surface area (TPSA) is 40.9 Å². The van der Waals surface area contributed by atoms with Crippen LogP contribution in [0.5, 0.6) is 0 Å². The highest BCUT2D eigenvalue weighted by Gasteiger charge is 1.95. The van der Waals surface area contributed by atoms with Crippen LogP contribution in [0.1, 0.15) is 15.9 Å². The Morgan fingerprint density at radius 1 is 1.38 bits per heavy atom. The van der Waals surface area contributed by atoms with Gasteiger partial charge in [-0.15, -0.1) is 0 Å². The van der Waals surface area contributed by atoms with Crippen LogP contribution >= 0.6 is 11.6 Å². The monoisotopic (exact) mass is 189 g/mol. The van der Waals surface area contributed by atoms with Crippen LogP contribution in [0.4, 0.5) is 0 Å². The maximum Gasteiger partial charge on any atom is 0.152 e. The second-order valence-corrected chi connectivity index (χ2v) is 2.69. The van der Waals surface area contributed by atoms with Gasteiger partial charge in [-0.3, -0.25) is 4.79 Å². The van der Waals surface area contributed by atoms with Gasteiger partial charge in [0, 0.05) is 22.1 Å². The van der Waals surface area contributed by atoms with E-state index in [1.54, 1.807) is 18.2 Å². The molecule has 0 bridgehead atoms. The van der Waals surface area contributed by atoms with Crippen molar-refractivity contribution in [2.24, 2.45) is 0 Å². The van der Waals surface area contributed by atoms with Gasteiger partial charge in [0.25, 0.3) is 0 Å². The summed E-state index contributed by atoms with van der Waals surface area (Å²) in [6.45, 7) is 0. The third-order valence-corrected chi connectivity index (χ3v) is 1.54. The van der Waals surface area contributed by atoms with Gasteiger partial charge in [-0.2, -0.15) is 5.26 Å². The molecule has 0 N–H and O–H groups in total. The standard InChI is InChI=1S/C10H4ClNO/c11-10-5-8(2-1-3-12)4-9(6-10)7-13/h4-7H. The van der Waals surface area contributed by atoms with Gasteiger partial charge >= 0.3 is 0 Å². The summed E-state index contributed by atoms with van der Waals surface area (Å²) in [5.41, 5.74) is 1.02. The first-order valence-electron chi connectivity index (χ1n) is 3.42. The van der Waals surface area contributed by atoms with Gasteiger partial charge in [-0.05, 0) is 18.2 Å². The van der Waals surface area contributed by atoms with E-state index in [2.05, 4.69) is 11.8 Å². The second-order valence-electron chi connectivity index (χ2n) is 2.25. The van der Waals surface area contributed by atoms with Gasteiger partial charge in [0.15, 0.2) is 6.07 Å². The molecular formula is C10H4ClNO. The van der Waals surface area contributed by atoms with Crippen molar-refractivity contribution in [2.75, 3.05) is 0 Å². The lowest BCUT2D eigenvalue weighted by molar-refractivity contribution is 0.112. The average molecular weight is 190 g/mol. The van der Waals surface area contributed by atoms with E-state index in [0.717, 1.165) is 0 Å². The van der Waals surface area contributed by atoms with E-state index in [1.165, 1.54) is 6.07 Å². The molecule has 62 valence electrons. The number of hydrogen-bond acceptors (Lipinski definition) is 2. The fourth-order valence-electron chi connectivity index (χ4n) is 0.853. The molecule has 1 aromatic rings. The molecule has 1 rings (SSSR count). The van der Waals surface area contributed by atoms with Gasteiger partial charge in [-0.1, -0.05) is 17.5 Å². The highest BCUT2D eigenvalue weighted by molar-refractivity contribution is 6.31. The van der Waals surface area contributed by atoms with E-state index in [1.807, 2.05) is 0 Å². The molecule has 0 radical (unpaired) electrons. The van der Waals surface area contributed by atoms with E-state index in [9.17, 15) is 4.79 Å². The van der Waals surface area contributed by atoms with Gasteiger partial charge in [0.1, 0.15) is 6.29 Å². The van der Waals surface area contributed by atoms with Crippen LogP contribution in [0.3, 0.4) is 0 Å². The molecule has 0 heterocycles. The minimum atomic E-state index is 0.437. The first kappa shape index (κ1) is 9.32. The van der Waals surface area contributed by atoms with Gasteiger partial charge < -0.3 is 0 Å². The molecule has 0 amide bonds. The Morgan fingerprint density at radius 3 is 2.77 bits per heavy atom. The van der Waals surface area contributed by atoms with Crippen LogP contribution in [0.25, 0.3) is 0 Å². The van der Waals surface area contributed by atoms with Crippen LogP contribution in [-0.2, 0) is 0 Å². The normalized spacial score (nSPS) is 8.00. The number of nitriles is 1. The maximum absolute atomic E-state index is 10.4. The summed E-state index contributed by atoms with van der Waals surface area (Å²) < 4.78 is 0. The lowest BCUT2D eigenvalue weighted by atomic mass is 10.1. The van der Waals surface area contributed by atoms with Crippen molar-refractivity contribution in [3.05, 3.63) is 34.3 Å². The average Bonchev–Trinajstić information content (AvgIpc) is 2.14. The number of aldehydes is 1. The van der Waals surface area contributed by atoms with Crippen LogP contribution in [0, 0.1) is 23.2 Å². The van der Waals surface area contributed by atoms with E-state index in [-0.39, 0.29) is 0 Å². The SMILES string of the molecule is N#CC#Cc1cc(Cl)cc(C=O)c1. The fourth-order valence-corrected chi connectivity index (χ4v) is 1.10. The zero-order valence-corrected chi connectivity index (χ0v) is 7.30. The van der Waals surface area contributed by atoms with E-state index in [0.29, 0.717) is 22.4 Å². The first-order valence-corrected chi connectivity index (χ1v) is 3.80. The van der Waals surface area contributed by atoms with Gasteiger partial charge in [-0.25, -0.2) is 0 Å². The van der Waals surface area contributed by atoms with Crippen molar-refractivity contribution in [1.29, 1.82) is 5.26 Å². The molecule has 2 nitrogen and oxygen atoms in total. The molecule has 0 aromatic heterocycles. The fraction of sp³-hybridized carbons (Fsp3) is 0. The molecule has 1 aromatic carbocycles.